The molecule has 0 saturated heterocycles. The normalized spacial score (nSPS) is 16.2. The van der Waals surface area contributed by atoms with Gasteiger partial charge in [0.2, 0.25) is 0 Å². The van der Waals surface area contributed by atoms with Crippen molar-refractivity contribution in [3.63, 3.8) is 0 Å². The van der Waals surface area contributed by atoms with Gasteiger partial charge in [0, 0.05) is 35.8 Å². The largest absolute Gasteiger partial charge is 0.466 e. The second kappa shape index (κ2) is 8.03. The van der Waals surface area contributed by atoms with Gasteiger partial charge in [-0.25, -0.2) is 4.79 Å². The van der Waals surface area contributed by atoms with Crippen molar-refractivity contribution in [3.05, 3.63) is 77.0 Å². The predicted octanol–water partition coefficient (Wildman–Crippen LogP) is 4.52. The van der Waals surface area contributed by atoms with Gasteiger partial charge in [0.15, 0.2) is 0 Å². The Morgan fingerprint density at radius 2 is 2.14 bits per heavy atom. The quantitative estimate of drug-likeness (QED) is 0.510. The summed E-state index contributed by atoms with van der Waals surface area (Å²) in [6.45, 7) is 1.02. The summed E-state index contributed by atoms with van der Waals surface area (Å²) >= 11 is 0. The molecule has 144 valence electrons. The Balaban J connectivity index is 1.43. The molecular formula is C24H26N2O2. The summed E-state index contributed by atoms with van der Waals surface area (Å²) in [4.78, 5) is 17.1. The Labute approximate surface area is 165 Å². The lowest BCUT2D eigenvalue weighted by Gasteiger charge is -2.25. The third kappa shape index (κ3) is 3.73. The molecule has 0 amide bonds. The number of aromatic amines is 1. The molecule has 0 aliphatic heterocycles. The molecule has 0 spiro atoms. The third-order valence-corrected chi connectivity index (χ3v) is 5.77. The summed E-state index contributed by atoms with van der Waals surface area (Å²) in [6.07, 6.45) is 8.69. The standard InChI is InChI=1S/C24H26N2O2/c1-26(14-13-19-16-25-22-6-4-3-5-20(19)22)23-11-9-18-15-17(7-10-21(18)23)8-12-24(27)28-2/h3-8,10,12,15-16,23,25H,9,11,13-14H2,1-2H3. The van der Waals surface area contributed by atoms with E-state index >= 15 is 0 Å². The van der Waals surface area contributed by atoms with Gasteiger partial charge in [-0.15, -0.1) is 0 Å². The van der Waals surface area contributed by atoms with E-state index in [4.69, 9.17) is 0 Å². The fraction of sp³-hybridized carbons (Fsp3) is 0.292. The molecule has 1 heterocycles. The second-order valence-corrected chi connectivity index (χ2v) is 7.46. The van der Waals surface area contributed by atoms with Crippen LogP contribution < -0.4 is 0 Å². The highest BCUT2D eigenvalue weighted by atomic mass is 16.5. The summed E-state index contributed by atoms with van der Waals surface area (Å²) in [5.41, 5.74) is 6.43. The SMILES string of the molecule is COC(=O)C=Cc1ccc2c(c1)CCC2N(C)CCc1c[nH]c2ccccc12. The topological polar surface area (TPSA) is 45.3 Å². The van der Waals surface area contributed by atoms with Crippen LogP contribution in [-0.4, -0.2) is 36.6 Å². The number of likely N-dealkylation sites (N-methyl/N-ethyl adjacent to an activating group) is 1. The van der Waals surface area contributed by atoms with Gasteiger partial charge < -0.3 is 9.72 Å². The Kier molecular flexibility index (Phi) is 5.31. The number of benzene rings is 2. The fourth-order valence-electron chi connectivity index (χ4n) is 4.20. The van der Waals surface area contributed by atoms with Crippen LogP contribution >= 0.6 is 0 Å². The van der Waals surface area contributed by atoms with Crippen molar-refractivity contribution < 1.29 is 9.53 Å². The van der Waals surface area contributed by atoms with Crippen LogP contribution in [0.2, 0.25) is 0 Å². The number of esters is 1. The zero-order valence-electron chi connectivity index (χ0n) is 16.4. The number of carbonyl (C=O) groups excluding carboxylic acids is 1. The zero-order chi connectivity index (χ0) is 19.5. The minimum Gasteiger partial charge on any atom is -0.466 e. The molecule has 0 saturated carbocycles. The van der Waals surface area contributed by atoms with E-state index in [9.17, 15) is 4.79 Å². The smallest absolute Gasteiger partial charge is 0.330 e. The van der Waals surface area contributed by atoms with Gasteiger partial charge in [-0.1, -0.05) is 36.4 Å². The molecule has 2 aromatic carbocycles. The van der Waals surface area contributed by atoms with Crippen LogP contribution in [0.4, 0.5) is 0 Å². The van der Waals surface area contributed by atoms with E-state index in [0.717, 1.165) is 31.4 Å². The number of para-hydroxylation sites is 1. The lowest BCUT2D eigenvalue weighted by Crippen LogP contribution is -2.25. The van der Waals surface area contributed by atoms with Crippen LogP contribution in [-0.2, 0) is 22.4 Å². The predicted molar refractivity (Wildman–Crippen MR) is 113 cm³/mol. The van der Waals surface area contributed by atoms with Crippen molar-refractivity contribution in [2.45, 2.75) is 25.3 Å². The first kappa shape index (κ1) is 18.5. The van der Waals surface area contributed by atoms with Gasteiger partial charge in [0.05, 0.1) is 7.11 Å². The van der Waals surface area contributed by atoms with E-state index in [1.165, 1.54) is 40.8 Å². The fourth-order valence-corrected chi connectivity index (χ4v) is 4.20. The molecule has 1 unspecified atom stereocenters. The molecule has 4 rings (SSSR count). The Morgan fingerprint density at radius 1 is 1.29 bits per heavy atom. The molecule has 1 atom stereocenters. The van der Waals surface area contributed by atoms with E-state index in [0.29, 0.717) is 6.04 Å². The van der Waals surface area contributed by atoms with E-state index in [2.05, 4.69) is 70.3 Å². The van der Waals surface area contributed by atoms with Crippen LogP contribution in [0.3, 0.4) is 0 Å². The molecule has 1 aromatic heterocycles. The minimum atomic E-state index is -0.324. The highest BCUT2D eigenvalue weighted by molar-refractivity contribution is 5.87. The first-order chi connectivity index (χ1) is 13.7. The summed E-state index contributed by atoms with van der Waals surface area (Å²) < 4.78 is 4.66. The van der Waals surface area contributed by atoms with Gasteiger partial charge in [-0.2, -0.15) is 0 Å². The van der Waals surface area contributed by atoms with Gasteiger partial charge in [-0.3, -0.25) is 4.90 Å². The minimum absolute atomic E-state index is 0.324. The third-order valence-electron chi connectivity index (χ3n) is 5.77. The van der Waals surface area contributed by atoms with Crippen LogP contribution in [0, 0.1) is 0 Å². The molecule has 0 radical (unpaired) electrons. The van der Waals surface area contributed by atoms with Crippen molar-refractivity contribution in [2.24, 2.45) is 0 Å². The van der Waals surface area contributed by atoms with Crippen molar-refractivity contribution in [3.8, 4) is 0 Å². The number of H-pyrrole nitrogens is 1. The molecule has 1 aliphatic rings. The van der Waals surface area contributed by atoms with E-state index in [1.807, 2.05) is 6.08 Å². The van der Waals surface area contributed by atoms with Gasteiger partial charge in [-0.05, 0) is 60.7 Å². The first-order valence-electron chi connectivity index (χ1n) is 9.80. The number of nitrogens with one attached hydrogen (secondary N) is 1. The average Bonchev–Trinajstić information content (AvgIpc) is 3.34. The van der Waals surface area contributed by atoms with Crippen molar-refractivity contribution >= 4 is 22.9 Å². The number of carbonyl (C=O) groups is 1. The van der Waals surface area contributed by atoms with E-state index in [-0.39, 0.29) is 5.97 Å². The van der Waals surface area contributed by atoms with Crippen molar-refractivity contribution in [2.75, 3.05) is 20.7 Å². The molecule has 0 bridgehead atoms. The summed E-state index contributed by atoms with van der Waals surface area (Å²) in [5.74, 6) is -0.324. The number of aromatic nitrogens is 1. The van der Waals surface area contributed by atoms with Crippen LogP contribution in [0.25, 0.3) is 17.0 Å². The maximum absolute atomic E-state index is 11.3. The maximum Gasteiger partial charge on any atom is 0.330 e. The lowest BCUT2D eigenvalue weighted by atomic mass is 10.0. The molecule has 1 N–H and O–H groups in total. The van der Waals surface area contributed by atoms with E-state index < -0.39 is 0 Å². The van der Waals surface area contributed by atoms with Gasteiger partial charge >= 0.3 is 5.97 Å². The van der Waals surface area contributed by atoms with Crippen LogP contribution in [0.1, 0.15) is 34.7 Å². The number of nitrogens with zero attached hydrogens (tertiary/aromatic N) is 1. The number of hydrogen-bond acceptors (Lipinski definition) is 3. The van der Waals surface area contributed by atoms with Crippen molar-refractivity contribution in [1.82, 2.24) is 9.88 Å². The molecule has 1 aliphatic carbocycles. The highest BCUT2D eigenvalue weighted by Gasteiger charge is 2.25. The first-order valence-corrected chi connectivity index (χ1v) is 9.80. The van der Waals surface area contributed by atoms with Crippen molar-refractivity contribution in [1.29, 1.82) is 0 Å². The van der Waals surface area contributed by atoms with Crippen LogP contribution in [0.15, 0.2) is 54.7 Å². The molecular weight excluding hydrogens is 348 g/mol. The molecule has 28 heavy (non-hydrogen) atoms. The number of rotatable bonds is 6. The zero-order valence-corrected chi connectivity index (χ0v) is 16.4. The van der Waals surface area contributed by atoms with Gasteiger partial charge in [0.1, 0.15) is 0 Å². The van der Waals surface area contributed by atoms with Gasteiger partial charge in [0.25, 0.3) is 0 Å². The number of ether oxygens (including phenoxy) is 1. The summed E-state index contributed by atoms with van der Waals surface area (Å²) in [6, 6.07) is 15.4. The number of methoxy groups -OCH3 is 1. The van der Waals surface area contributed by atoms with E-state index in [1.54, 1.807) is 0 Å². The monoisotopic (exact) mass is 374 g/mol. The lowest BCUT2D eigenvalue weighted by molar-refractivity contribution is -0.134. The number of fused-ring (bicyclic) bond motifs is 2. The number of aryl methyl sites for hydroxylation is 1. The maximum atomic E-state index is 11.3. The Hall–Kier alpha value is -2.85. The molecule has 4 heteroatoms. The molecule has 3 aromatic rings. The Morgan fingerprint density at radius 3 is 3.00 bits per heavy atom. The summed E-state index contributed by atoms with van der Waals surface area (Å²) in [5, 5.41) is 1.32. The molecule has 0 fully saturated rings. The summed E-state index contributed by atoms with van der Waals surface area (Å²) in [7, 11) is 3.62. The average molecular weight is 374 g/mol. The highest BCUT2D eigenvalue weighted by Crippen LogP contribution is 2.36. The van der Waals surface area contributed by atoms with Crippen LogP contribution in [0.5, 0.6) is 0 Å². The Bertz CT molecular complexity index is 1020. The molecule has 4 nitrogen and oxygen atoms in total. The number of hydrogen-bond donors (Lipinski definition) is 1. The second-order valence-electron chi connectivity index (χ2n) is 7.46.